The lowest BCUT2D eigenvalue weighted by Gasteiger charge is -2.03. The molecular weight excluding hydrogens is 262 g/mol. The molecule has 0 N–H and O–H groups in total. The van der Waals surface area contributed by atoms with Crippen molar-refractivity contribution in [3.05, 3.63) is 72.4 Å². The Morgan fingerprint density at radius 3 is 2.71 bits per heavy atom. The maximum absolute atomic E-state index is 12.4. The van der Waals surface area contributed by atoms with Crippen LogP contribution in [0.3, 0.4) is 0 Å². The van der Waals surface area contributed by atoms with Crippen LogP contribution in [0.25, 0.3) is 10.9 Å². The minimum Gasteiger partial charge on any atom is -0.497 e. The molecule has 0 amide bonds. The van der Waals surface area contributed by atoms with Gasteiger partial charge in [-0.2, -0.15) is 4.57 Å². The number of aromatic nitrogens is 1. The number of ether oxygens (including phenoxy) is 1. The Balaban J connectivity index is 1.93. The van der Waals surface area contributed by atoms with E-state index in [-0.39, 0.29) is 5.78 Å². The highest BCUT2D eigenvalue weighted by atomic mass is 16.5. The predicted octanol–water partition coefficient (Wildman–Crippen LogP) is 3.02. The predicted molar refractivity (Wildman–Crippen MR) is 81.5 cm³/mol. The van der Waals surface area contributed by atoms with Crippen LogP contribution in [-0.4, -0.2) is 12.9 Å². The molecule has 3 rings (SSSR count). The van der Waals surface area contributed by atoms with Gasteiger partial charge >= 0.3 is 0 Å². The molecule has 2 aromatic carbocycles. The zero-order chi connectivity index (χ0) is 14.7. The van der Waals surface area contributed by atoms with Gasteiger partial charge in [0.25, 0.3) is 0 Å². The molecular formula is C18H16NO2+. The van der Waals surface area contributed by atoms with Crippen molar-refractivity contribution in [3.63, 3.8) is 0 Å². The van der Waals surface area contributed by atoms with Crippen LogP contribution in [0.2, 0.25) is 0 Å². The molecule has 21 heavy (non-hydrogen) atoms. The Morgan fingerprint density at radius 2 is 1.86 bits per heavy atom. The van der Waals surface area contributed by atoms with E-state index in [4.69, 9.17) is 4.74 Å². The zero-order valence-electron chi connectivity index (χ0n) is 11.8. The number of methoxy groups -OCH3 is 1. The first-order chi connectivity index (χ1) is 10.3. The zero-order valence-corrected chi connectivity index (χ0v) is 11.8. The van der Waals surface area contributed by atoms with Gasteiger partial charge in [0.15, 0.2) is 6.20 Å². The van der Waals surface area contributed by atoms with Crippen LogP contribution in [-0.2, 0) is 6.54 Å². The summed E-state index contributed by atoms with van der Waals surface area (Å²) in [5, 5.41) is 1.12. The Hall–Kier alpha value is -2.68. The monoisotopic (exact) mass is 278 g/mol. The molecule has 0 radical (unpaired) electrons. The lowest BCUT2D eigenvalue weighted by molar-refractivity contribution is -0.657. The van der Waals surface area contributed by atoms with E-state index in [0.717, 1.165) is 10.9 Å². The van der Waals surface area contributed by atoms with Gasteiger partial charge in [0.2, 0.25) is 17.8 Å². The van der Waals surface area contributed by atoms with E-state index in [1.165, 1.54) is 0 Å². The highest BCUT2D eigenvalue weighted by Crippen LogP contribution is 2.13. The molecule has 0 aliphatic rings. The number of fused-ring (bicyclic) bond motifs is 1. The number of para-hydroxylation sites is 1. The van der Waals surface area contributed by atoms with Gasteiger partial charge in [-0.3, -0.25) is 4.79 Å². The van der Waals surface area contributed by atoms with Crippen molar-refractivity contribution in [2.45, 2.75) is 6.54 Å². The summed E-state index contributed by atoms with van der Waals surface area (Å²) >= 11 is 0. The number of Topliss-reactive ketones (excluding diaryl/α,β-unsaturated/α-hetero) is 1. The fraction of sp³-hybridized carbons (Fsp3) is 0.111. The summed E-state index contributed by atoms with van der Waals surface area (Å²) in [7, 11) is 1.60. The maximum Gasteiger partial charge on any atom is 0.227 e. The highest BCUT2D eigenvalue weighted by molar-refractivity contribution is 5.95. The van der Waals surface area contributed by atoms with Gasteiger partial charge in [-0.05, 0) is 24.3 Å². The molecule has 0 saturated heterocycles. The molecule has 3 nitrogen and oxygen atoms in total. The summed E-state index contributed by atoms with van der Waals surface area (Å²) in [5.41, 5.74) is 1.71. The summed E-state index contributed by atoms with van der Waals surface area (Å²) in [4.78, 5) is 12.4. The number of rotatable bonds is 4. The fourth-order valence-corrected chi connectivity index (χ4v) is 2.40. The van der Waals surface area contributed by atoms with E-state index in [9.17, 15) is 4.79 Å². The van der Waals surface area contributed by atoms with Gasteiger partial charge in [-0.25, -0.2) is 0 Å². The van der Waals surface area contributed by atoms with Gasteiger partial charge in [0.1, 0.15) is 5.75 Å². The number of ketones is 1. The molecule has 0 saturated carbocycles. The summed E-state index contributed by atoms with van der Waals surface area (Å²) in [6.07, 6.45) is 1.93. The molecule has 0 bridgehead atoms. The first-order valence-corrected chi connectivity index (χ1v) is 6.82. The summed E-state index contributed by atoms with van der Waals surface area (Å²) in [5.74, 6) is 0.763. The normalized spacial score (nSPS) is 10.5. The standard InChI is InChI=1S/C18H16NO2/c1-21-16-9-4-7-15(12-16)18(20)13-19-11-5-8-14-6-2-3-10-17(14)19/h2-12H,13H2,1H3/q+1. The number of hydrogen-bond acceptors (Lipinski definition) is 2. The molecule has 0 aliphatic heterocycles. The molecule has 0 fully saturated rings. The molecule has 0 atom stereocenters. The second kappa shape index (κ2) is 5.75. The number of carbonyl (C=O) groups is 1. The number of carbonyl (C=O) groups excluding carboxylic acids is 1. The highest BCUT2D eigenvalue weighted by Gasteiger charge is 2.15. The van der Waals surface area contributed by atoms with Crippen LogP contribution >= 0.6 is 0 Å². The maximum atomic E-state index is 12.4. The van der Waals surface area contributed by atoms with E-state index < -0.39 is 0 Å². The van der Waals surface area contributed by atoms with Gasteiger partial charge in [0.05, 0.1) is 7.11 Å². The van der Waals surface area contributed by atoms with Crippen molar-refractivity contribution in [2.24, 2.45) is 0 Å². The molecule has 3 aromatic rings. The first kappa shape index (κ1) is 13.3. The Morgan fingerprint density at radius 1 is 1.05 bits per heavy atom. The molecule has 3 heteroatoms. The first-order valence-electron chi connectivity index (χ1n) is 6.82. The van der Waals surface area contributed by atoms with Crippen molar-refractivity contribution in [2.75, 3.05) is 7.11 Å². The second-order valence-corrected chi connectivity index (χ2v) is 4.85. The lowest BCUT2D eigenvalue weighted by Crippen LogP contribution is -2.38. The minimum atomic E-state index is 0.0650. The van der Waals surface area contributed by atoms with Crippen LogP contribution in [0, 0.1) is 0 Å². The molecule has 0 spiro atoms. The van der Waals surface area contributed by atoms with E-state index in [1.807, 2.05) is 65.4 Å². The average Bonchev–Trinajstić information content (AvgIpc) is 2.55. The Bertz CT molecular complexity index is 791. The topological polar surface area (TPSA) is 30.2 Å². The van der Waals surface area contributed by atoms with E-state index in [0.29, 0.717) is 17.9 Å². The quantitative estimate of drug-likeness (QED) is 0.542. The van der Waals surface area contributed by atoms with Gasteiger partial charge in [-0.15, -0.1) is 0 Å². The van der Waals surface area contributed by atoms with Crippen LogP contribution in [0.4, 0.5) is 0 Å². The molecule has 104 valence electrons. The minimum absolute atomic E-state index is 0.0650. The smallest absolute Gasteiger partial charge is 0.227 e. The summed E-state index contributed by atoms with van der Waals surface area (Å²) in [6.45, 7) is 0.314. The van der Waals surface area contributed by atoms with Crippen molar-refractivity contribution >= 4 is 16.7 Å². The Labute approximate surface area is 123 Å². The SMILES string of the molecule is COc1cccc(C(=O)C[n+]2cccc3ccccc32)c1. The third-order valence-electron chi connectivity index (χ3n) is 3.49. The average molecular weight is 278 g/mol. The van der Waals surface area contributed by atoms with E-state index in [1.54, 1.807) is 13.2 Å². The van der Waals surface area contributed by atoms with E-state index >= 15 is 0 Å². The van der Waals surface area contributed by atoms with Crippen LogP contribution < -0.4 is 9.30 Å². The van der Waals surface area contributed by atoms with Gasteiger partial charge < -0.3 is 4.74 Å². The van der Waals surface area contributed by atoms with Crippen molar-refractivity contribution < 1.29 is 14.1 Å². The van der Waals surface area contributed by atoms with Crippen molar-refractivity contribution in [1.29, 1.82) is 0 Å². The number of pyridine rings is 1. The van der Waals surface area contributed by atoms with Crippen molar-refractivity contribution in [3.8, 4) is 5.75 Å². The summed E-state index contributed by atoms with van der Waals surface area (Å²) in [6, 6.07) is 19.3. The number of benzene rings is 2. The van der Waals surface area contributed by atoms with Crippen LogP contribution in [0.15, 0.2) is 66.9 Å². The largest absolute Gasteiger partial charge is 0.497 e. The third-order valence-corrected chi connectivity index (χ3v) is 3.49. The molecule has 1 heterocycles. The van der Waals surface area contributed by atoms with Crippen LogP contribution in [0.1, 0.15) is 10.4 Å². The van der Waals surface area contributed by atoms with Crippen molar-refractivity contribution in [1.82, 2.24) is 0 Å². The van der Waals surface area contributed by atoms with E-state index in [2.05, 4.69) is 0 Å². The van der Waals surface area contributed by atoms with Gasteiger partial charge in [0, 0.05) is 23.1 Å². The fourth-order valence-electron chi connectivity index (χ4n) is 2.40. The van der Waals surface area contributed by atoms with Crippen LogP contribution in [0.5, 0.6) is 5.75 Å². The number of hydrogen-bond donors (Lipinski definition) is 0. The summed E-state index contributed by atoms with van der Waals surface area (Å²) < 4.78 is 7.14. The third kappa shape index (κ3) is 2.77. The molecule has 0 unspecified atom stereocenters. The van der Waals surface area contributed by atoms with Gasteiger partial charge in [-0.1, -0.05) is 24.3 Å². The molecule has 1 aromatic heterocycles. The lowest BCUT2D eigenvalue weighted by atomic mass is 10.1. The molecule has 0 aliphatic carbocycles. The second-order valence-electron chi connectivity index (χ2n) is 4.85. The Kier molecular flexibility index (Phi) is 3.65. The number of nitrogens with zero attached hydrogens (tertiary/aromatic N) is 1.